The monoisotopic (exact) mass is 695 g/mol. The van der Waals surface area contributed by atoms with Crippen molar-refractivity contribution in [3.8, 4) is 0 Å². The fourth-order valence-electron chi connectivity index (χ4n) is 6.19. The van der Waals surface area contributed by atoms with Crippen molar-refractivity contribution < 1.29 is 19.4 Å². The molecule has 0 radical (unpaired) electrons. The fourth-order valence-corrected chi connectivity index (χ4v) is 8.19. The maximum absolute atomic E-state index is 12.5. The number of nitrogens with one attached hydrogen (secondary N) is 1. The number of carbonyl (C=O) groups is 1. The Balaban J connectivity index is 1.19. The molecule has 1 aliphatic rings. The van der Waals surface area contributed by atoms with Gasteiger partial charge in [0.25, 0.3) is 0 Å². The Morgan fingerprint density at radius 2 is 1.40 bits per heavy atom. The van der Waals surface area contributed by atoms with Gasteiger partial charge in [-0.2, -0.15) is 0 Å². The zero-order valence-electron chi connectivity index (χ0n) is 29.3. The molecular formula is C39H57N3O4S2. The summed E-state index contributed by atoms with van der Waals surface area (Å²) in [7, 11) is 0. The van der Waals surface area contributed by atoms with Gasteiger partial charge < -0.3 is 19.9 Å². The van der Waals surface area contributed by atoms with Crippen molar-refractivity contribution in [1.82, 2.24) is 15.5 Å². The first-order chi connectivity index (χ1) is 23.5. The van der Waals surface area contributed by atoms with Gasteiger partial charge in [-0.3, -0.25) is 4.79 Å². The predicted octanol–water partition coefficient (Wildman–Crippen LogP) is 10.0. The Morgan fingerprint density at radius 1 is 0.812 bits per heavy atom. The number of aryl methyl sites for hydroxylation is 1. The van der Waals surface area contributed by atoms with Crippen LogP contribution >= 0.6 is 23.1 Å². The first-order valence-electron chi connectivity index (χ1n) is 18.3. The minimum atomic E-state index is -0.523. The third-order valence-electron chi connectivity index (χ3n) is 9.25. The van der Waals surface area contributed by atoms with Gasteiger partial charge in [0.1, 0.15) is 5.01 Å². The van der Waals surface area contributed by atoms with Crippen LogP contribution in [0.25, 0.3) is 0 Å². The Bertz CT molecular complexity index is 1320. The lowest BCUT2D eigenvalue weighted by molar-refractivity contribution is -0.268. The summed E-state index contributed by atoms with van der Waals surface area (Å²) in [5.74, 6) is 0.966. The number of nitrogens with zero attached hydrogens (tertiary/aromatic N) is 2. The van der Waals surface area contributed by atoms with E-state index in [1.165, 1.54) is 70.6 Å². The maximum atomic E-state index is 12.5. The van der Waals surface area contributed by atoms with Crippen LogP contribution in [0.15, 0.2) is 52.9 Å². The number of rotatable bonds is 22. The molecule has 2 heterocycles. The zero-order valence-corrected chi connectivity index (χ0v) is 31.0. The first-order valence-corrected chi connectivity index (χ1v) is 20.1. The molecule has 7 nitrogen and oxygen atoms in total. The van der Waals surface area contributed by atoms with Crippen LogP contribution in [-0.2, 0) is 27.4 Å². The molecule has 48 heavy (non-hydrogen) atoms. The highest BCUT2D eigenvalue weighted by Crippen LogP contribution is 2.43. The summed E-state index contributed by atoms with van der Waals surface area (Å²) >= 11 is 3.27. The largest absolute Gasteiger partial charge is 0.392 e. The van der Waals surface area contributed by atoms with E-state index in [2.05, 4.69) is 29.4 Å². The number of amides is 1. The Labute approximate surface area is 297 Å². The van der Waals surface area contributed by atoms with Gasteiger partial charge in [0.15, 0.2) is 10.6 Å². The normalized spacial score (nSPS) is 19.4. The molecule has 4 rings (SSSR count). The van der Waals surface area contributed by atoms with Gasteiger partial charge in [-0.15, -0.1) is 10.2 Å². The molecule has 9 heteroatoms. The SMILES string of the molecule is CCCCCCCCCCCCCCCC(=O)NCc1ccc(C2O[C@H](CSc3nnc(C)s3)[C@H](C)[C@H](c3ccc(CO)cc3)O2)cc1. The lowest BCUT2D eigenvalue weighted by Crippen LogP contribution is -2.38. The molecule has 0 saturated carbocycles. The van der Waals surface area contributed by atoms with Crippen molar-refractivity contribution in [1.29, 1.82) is 0 Å². The van der Waals surface area contributed by atoms with Crippen LogP contribution in [0.5, 0.6) is 0 Å². The van der Waals surface area contributed by atoms with E-state index in [0.29, 0.717) is 13.0 Å². The topological polar surface area (TPSA) is 93.6 Å². The van der Waals surface area contributed by atoms with Gasteiger partial charge in [0, 0.05) is 30.2 Å². The van der Waals surface area contributed by atoms with Gasteiger partial charge in [-0.25, -0.2) is 0 Å². The number of carbonyl (C=O) groups excluding carboxylic acids is 1. The highest BCUT2D eigenvalue weighted by Gasteiger charge is 2.38. The Kier molecular flexibility index (Phi) is 17.4. The van der Waals surface area contributed by atoms with E-state index in [9.17, 15) is 9.90 Å². The molecule has 3 aromatic rings. The molecule has 0 spiro atoms. The van der Waals surface area contributed by atoms with Crippen molar-refractivity contribution >= 4 is 29.0 Å². The van der Waals surface area contributed by atoms with Crippen LogP contribution in [0, 0.1) is 12.8 Å². The van der Waals surface area contributed by atoms with Crippen molar-refractivity contribution in [2.75, 3.05) is 5.75 Å². The number of hydrogen-bond acceptors (Lipinski definition) is 8. The smallest absolute Gasteiger partial charge is 0.220 e. The number of unbranched alkanes of at least 4 members (excludes halogenated alkanes) is 12. The van der Waals surface area contributed by atoms with Crippen LogP contribution < -0.4 is 5.32 Å². The molecule has 1 fully saturated rings. The van der Waals surface area contributed by atoms with E-state index in [4.69, 9.17) is 9.47 Å². The minimum Gasteiger partial charge on any atom is -0.392 e. The second-order valence-electron chi connectivity index (χ2n) is 13.2. The molecule has 1 unspecified atom stereocenters. The molecule has 1 amide bonds. The average Bonchev–Trinajstić information content (AvgIpc) is 3.54. The third-order valence-corrected chi connectivity index (χ3v) is 11.3. The standard InChI is InChI=1S/C39H57N3O4S2/c1-4-5-6-7-8-9-10-11-12-13-14-15-16-17-36(44)40-26-31-18-24-34(25-19-31)38-45-35(28-47-39-42-41-30(3)48-39)29(2)37(46-38)33-22-20-32(27-43)21-23-33/h18-25,29,35,37-38,43H,4-17,26-28H2,1-3H3,(H,40,44)/t29-,35+,37+,38?/m0/s1. The number of ether oxygens (including phenoxy) is 2. The highest BCUT2D eigenvalue weighted by molar-refractivity contribution is 8.01. The molecule has 264 valence electrons. The van der Waals surface area contributed by atoms with E-state index in [1.54, 1.807) is 23.1 Å². The van der Waals surface area contributed by atoms with Gasteiger partial charge in [-0.1, -0.05) is 163 Å². The number of thioether (sulfide) groups is 1. The van der Waals surface area contributed by atoms with Crippen molar-refractivity contribution in [3.05, 3.63) is 75.8 Å². The number of hydrogen-bond donors (Lipinski definition) is 2. The Morgan fingerprint density at radius 3 is 1.98 bits per heavy atom. The lowest BCUT2D eigenvalue weighted by Gasteiger charge is -2.41. The quantitative estimate of drug-likeness (QED) is 0.0798. The molecule has 0 aliphatic carbocycles. The van der Waals surface area contributed by atoms with E-state index >= 15 is 0 Å². The number of aliphatic hydroxyl groups excluding tert-OH is 1. The predicted molar refractivity (Wildman–Crippen MR) is 197 cm³/mol. The molecule has 2 aromatic carbocycles. The summed E-state index contributed by atoms with van der Waals surface area (Å²) in [5.41, 5.74) is 3.94. The zero-order chi connectivity index (χ0) is 34.0. The molecule has 4 atom stereocenters. The van der Waals surface area contributed by atoms with Gasteiger partial charge in [-0.05, 0) is 30.0 Å². The van der Waals surface area contributed by atoms with Gasteiger partial charge in [0.2, 0.25) is 5.91 Å². The number of benzene rings is 2. The minimum absolute atomic E-state index is 0.0138. The van der Waals surface area contributed by atoms with Crippen LogP contribution in [0.4, 0.5) is 0 Å². The second-order valence-corrected chi connectivity index (χ2v) is 15.7. The van der Waals surface area contributed by atoms with Crippen molar-refractivity contribution in [3.63, 3.8) is 0 Å². The molecule has 2 N–H and O–H groups in total. The van der Waals surface area contributed by atoms with Crippen LogP contribution in [-0.4, -0.2) is 33.1 Å². The third kappa shape index (κ3) is 13.2. The first kappa shape index (κ1) is 38.5. The van der Waals surface area contributed by atoms with E-state index < -0.39 is 6.29 Å². The summed E-state index contributed by atoms with van der Waals surface area (Å²) in [6.45, 7) is 6.93. The summed E-state index contributed by atoms with van der Waals surface area (Å²) in [4.78, 5) is 12.5. The van der Waals surface area contributed by atoms with E-state index in [-0.39, 0.29) is 30.6 Å². The van der Waals surface area contributed by atoms with Gasteiger partial charge in [0.05, 0.1) is 18.8 Å². The van der Waals surface area contributed by atoms with Crippen LogP contribution in [0.2, 0.25) is 0 Å². The van der Waals surface area contributed by atoms with Crippen molar-refractivity contribution in [2.45, 2.75) is 147 Å². The van der Waals surface area contributed by atoms with Gasteiger partial charge >= 0.3 is 0 Å². The summed E-state index contributed by atoms with van der Waals surface area (Å²) in [5, 5.41) is 22.0. The Hall–Kier alpha value is -2.30. The molecular weight excluding hydrogens is 639 g/mol. The fraction of sp³-hybridized carbons (Fsp3) is 0.615. The maximum Gasteiger partial charge on any atom is 0.220 e. The molecule has 1 aliphatic heterocycles. The summed E-state index contributed by atoms with van der Waals surface area (Å²) in [6, 6.07) is 16.2. The summed E-state index contributed by atoms with van der Waals surface area (Å²) in [6.07, 6.45) is 16.8. The highest BCUT2D eigenvalue weighted by atomic mass is 32.2. The molecule has 0 bridgehead atoms. The molecule has 1 aromatic heterocycles. The van der Waals surface area contributed by atoms with Crippen LogP contribution in [0.1, 0.15) is 143 Å². The van der Waals surface area contributed by atoms with Crippen LogP contribution in [0.3, 0.4) is 0 Å². The molecule has 1 saturated heterocycles. The number of aromatic nitrogens is 2. The van der Waals surface area contributed by atoms with E-state index in [0.717, 1.165) is 50.2 Å². The average molecular weight is 696 g/mol. The second kappa shape index (κ2) is 21.7. The lowest BCUT2D eigenvalue weighted by atomic mass is 9.91. The number of aliphatic hydroxyl groups is 1. The van der Waals surface area contributed by atoms with E-state index in [1.807, 2.05) is 55.5 Å². The summed E-state index contributed by atoms with van der Waals surface area (Å²) < 4.78 is 14.1. The van der Waals surface area contributed by atoms with Crippen molar-refractivity contribution in [2.24, 2.45) is 5.92 Å².